The Morgan fingerprint density at radius 2 is 1.72 bits per heavy atom. The second kappa shape index (κ2) is 9.20. The van der Waals surface area contributed by atoms with E-state index >= 15 is 0 Å². The van der Waals surface area contributed by atoms with E-state index in [1.807, 2.05) is 38.1 Å². The average molecular weight is 498 g/mol. The number of benzene rings is 2. The van der Waals surface area contributed by atoms with Crippen molar-refractivity contribution in [3.8, 4) is 17.4 Å². The Morgan fingerprint density at radius 1 is 1.10 bits per heavy atom. The van der Waals surface area contributed by atoms with E-state index in [0.717, 1.165) is 15.8 Å². The number of aromatic nitrogens is 2. The Bertz CT molecular complexity index is 1060. The number of hydrogen-bond donors (Lipinski definition) is 0. The molecule has 1 aromatic heterocycles. The van der Waals surface area contributed by atoms with E-state index in [9.17, 15) is 4.79 Å². The molecule has 29 heavy (non-hydrogen) atoms. The molecule has 0 aliphatic carbocycles. The molecule has 0 saturated carbocycles. The molecule has 0 aliphatic heterocycles. The van der Waals surface area contributed by atoms with E-state index in [-0.39, 0.29) is 23.1 Å². The van der Waals surface area contributed by atoms with Crippen molar-refractivity contribution in [2.45, 2.75) is 26.3 Å². The van der Waals surface area contributed by atoms with Crippen molar-refractivity contribution in [3.63, 3.8) is 0 Å². The number of ether oxygens (including phenoxy) is 2. The summed E-state index contributed by atoms with van der Waals surface area (Å²) in [6.07, 6.45) is 0. The maximum absolute atomic E-state index is 12.9. The number of nitrogens with zero attached hydrogens (tertiary/aromatic N) is 2. The second-order valence-electron chi connectivity index (χ2n) is 6.70. The molecule has 0 saturated heterocycles. The molecule has 0 unspecified atom stereocenters. The molecule has 0 amide bonds. The van der Waals surface area contributed by atoms with Crippen LogP contribution in [0.1, 0.15) is 30.9 Å². The van der Waals surface area contributed by atoms with Gasteiger partial charge in [-0.05, 0) is 35.7 Å². The monoisotopic (exact) mass is 496 g/mol. The summed E-state index contributed by atoms with van der Waals surface area (Å²) in [5, 5.41) is 5.05. The second-order valence-corrected chi connectivity index (χ2v) is 8.43. The van der Waals surface area contributed by atoms with Crippen LogP contribution in [-0.4, -0.2) is 16.9 Å². The standard InChI is InChI=1S/C21H19BrCl2N2O3/c1-12(2)16-10-19(29-20-17(23)8-14(22)9-18(20)24)25-26(21(16)27)11-13-4-6-15(28-3)7-5-13/h4-10,12H,11H2,1-3H3. The SMILES string of the molecule is COc1ccc(Cn2nc(Oc3c(Cl)cc(Br)cc3Cl)cc(C(C)C)c2=O)cc1. The van der Waals surface area contributed by atoms with Gasteiger partial charge in [-0.25, -0.2) is 4.68 Å². The molecule has 0 spiro atoms. The Kier molecular flexibility index (Phi) is 6.88. The minimum Gasteiger partial charge on any atom is -0.497 e. The van der Waals surface area contributed by atoms with Gasteiger partial charge in [0.1, 0.15) is 5.75 Å². The third-order valence-corrected chi connectivity index (χ3v) is 5.28. The predicted molar refractivity (Wildman–Crippen MR) is 119 cm³/mol. The first-order chi connectivity index (χ1) is 13.8. The summed E-state index contributed by atoms with van der Waals surface area (Å²) >= 11 is 15.9. The van der Waals surface area contributed by atoms with Gasteiger partial charge in [0, 0.05) is 16.1 Å². The van der Waals surface area contributed by atoms with Gasteiger partial charge in [-0.2, -0.15) is 0 Å². The average Bonchev–Trinajstić information content (AvgIpc) is 2.67. The Balaban J connectivity index is 2.01. The molecule has 8 heteroatoms. The van der Waals surface area contributed by atoms with Crippen molar-refractivity contribution in [3.05, 3.63) is 78.5 Å². The van der Waals surface area contributed by atoms with E-state index in [2.05, 4.69) is 21.0 Å². The normalized spacial score (nSPS) is 11.0. The molecule has 2 aromatic carbocycles. The van der Waals surface area contributed by atoms with Crippen molar-refractivity contribution < 1.29 is 9.47 Å². The van der Waals surface area contributed by atoms with E-state index in [4.69, 9.17) is 32.7 Å². The van der Waals surface area contributed by atoms with Crippen LogP contribution >= 0.6 is 39.1 Å². The lowest BCUT2D eigenvalue weighted by Gasteiger charge is -2.14. The summed E-state index contributed by atoms with van der Waals surface area (Å²) in [6.45, 7) is 4.18. The number of methoxy groups -OCH3 is 1. The van der Waals surface area contributed by atoms with E-state index in [1.165, 1.54) is 4.68 Å². The molecule has 3 rings (SSSR count). The van der Waals surface area contributed by atoms with Crippen molar-refractivity contribution in [1.82, 2.24) is 9.78 Å². The van der Waals surface area contributed by atoms with Gasteiger partial charge in [0.2, 0.25) is 5.88 Å². The molecular weight excluding hydrogens is 479 g/mol. The quantitative estimate of drug-likeness (QED) is 0.401. The van der Waals surface area contributed by atoms with Crippen molar-refractivity contribution in [1.29, 1.82) is 0 Å². The lowest BCUT2D eigenvalue weighted by atomic mass is 10.1. The molecule has 0 bridgehead atoms. The van der Waals surface area contributed by atoms with Crippen LogP contribution in [0.3, 0.4) is 0 Å². The highest BCUT2D eigenvalue weighted by atomic mass is 79.9. The Hall–Kier alpha value is -2.02. The van der Waals surface area contributed by atoms with Crippen LogP contribution < -0.4 is 15.0 Å². The maximum atomic E-state index is 12.9. The summed E-state index contributed by atoms with van der Waals surface area (Å²) in [5.74, 6) is 1.26. The van der Waals surface area contributed by atoms with Gasteiger partial charge in [0.25, 0.3) is 5.56 Å². The summed E-state index contributed by atoms with van der Waals surface area (Å²) in [6, 6.07) is 12.4. The molecule has 0 fully saturated rings. The van der Waals surface area contributed by atoms with Gasteiger partial charge < -0.3 is 9.47 Å². The lowest BCUT2D eigenvalue weighted by molar-refractivity contribution is 0.414. The Morgan fingerprint density at radius 3 is 2.28 bits per heavy atom. The van der Waals surface area contributed by atoms with Crippen molar-refractivity contribution in [2.75, 3.05) is 7.11 Å². The first kappa shape index (κ1) is 21.7. The van der Waals surface area contributed by atoms with Gasteiger partial charge in [-0.15, -0.1) is 5.10 Å². The highest BCUT2D eigenvalue weighted by molar-refractivity contribution is 9.10. The molecule has 0 radical (unpaired) electrons. The molecule has 0 aliphatic rings. The Labute approximate surface area is 187 Å². The summed E-state index contributed by atoms with van der Waals surface area (Å²) in [4.78, 5) is 12.9. The number of rotatable bonds is 6. The van der Waals surface area contributed by atoms with Gasteiger partial charge in [0.05, 0.1) is 23.7 Å². The molecule has 1 heterocycles. The van der Waals surface area contributed by atoms with Gasteiger partial charge in [-0.3, -0.25) is 4.79 Å². The van der Waals surface area contributed by atoms with Crippen LogP contribution in [0.4, 0.5) is 0 Å². The fourth-order valence-electron chi connectivity index (χ4n) is 2.74. The fourth-order valence-corrected chi connectivity index (χ4v) is 4.03. The first-order valence-corrected chi connectivity index (χ1v) is 10.4. The van der Waals surface area contributed by atoms with E-state index in [1.54, 1.807) is 25.3 Å². The molecule has 0 atom stereocenters. The predicted octanol–water partition coefficient (Wildman–Crippen LogP) is 6.29. The van der Waals surface area contributed by atoms with Crippen molar-refractivity contribution in [2.24, 2.45) is 0 Å². The third kappa shape index (κ3) is 5.13. The zero-order valence-corrected chi connectivity index (χ0v) is 19.2. The van der Waals surface area contributed by atoms with Crippen molar-refractivity contribution >= 4 is 39.1 Å². The summed E-state index contributed by atoms with van der Waals surface area (Å²) < 4.78 is 13.2. The minimum absolute atomic E-state index is 0.00849. The van der Waals surface area contributed by atoms with Crippen LogP contribution in [0.25, 0.3) is 0 Å². The topological polar surface area (TPSA) is 53.4 Å². The molecule has 0 N–H and O–H groups in total. The zero-order chi connectivity index (χ0) is 21.1. The zero-order valence-electron chi connectivity index (χ0n) is 16.1. The smallest absolute Gasteiger partial charge is 0.270 e. The van der Waals surface area contributed by atoms with Gasteiger partial charge in [0.15, 0.2) is 5.75 Å². The number of halogens is 3. The molecule has 152 valence electrons. The van der Waals surface area contributed by atoms with Crippen LogP contribution in [-0.2, 0) is 6.54 Å². The number of hydrogen-bond acceptors (Lipinski definition) is 4. The minimum atomic E-state index is -0.170. The summed E-state index contributed by atoms with van der Waals surface area (Å²) in [7, 11) is 1.61. The molecule has 5 nitrogen and oxygen atoms in total. The van der Waals surface area contributed by atoms with Crippen LogP contribution in [0, 0.1) is 0 Å². The lowest BCUT2D eigenvalue weighted by Crippen LogP contribution is -2.27. The first-order valence-electron chi connectivity index (χ1n) is 8.86. The summed E-state index contributed by atoms with van der Waals surface area (Å²) in [5.41, 5.74) is 1.33. The van der Waals surface area contributed by atoms with Gasteiger partial charge >= 0.3 is 0 Å². The fraction of sp³-hybridized carbons (Fsp3) is 0.238. The van der Waals surface area contributed by atoms with Gasteiger partial charge in [-0.1, -0.05) is 65.1 Å². The van der Waals surface area contributed by atoms with E-state index in [0.29, 0.717) is 22.2 Å². The highest BCUT2D eigenvalue weighted by Crippen LogP contribution is 2.38. The maximum Gasteiger partial charge on any atom is 0.270 e. The molecule has 3 aromatic rings. The van der Waals surface area contributed by atoms with Crippen LogP contribution in [0.5, 0.6) is 17.4 Å². The van der Waals surface area contributed by atoms with Crippen LogP contribution in [0.2, 0.25) is 10.0 Å². The van der Waals surface area contributed by atoms with E-state index < -0.39 is 0 Å². The van der Waals surface area contributed by atoms with Crippen LogP contribution in [0.15, 0.2) is 51.7 Å². The molecular formula is C21H19BrCl2N2O3. The third-order valence-electron chi connectivity index (χ3n) is 4.26. The largest absolute Gasteiger partial charge is 0.497 e. The highest BCUT2D eigenvalue weighted by Gasteiger charge is 2.16.